The van der Waals surface area contributed by atoms with Gasteiger partial charge in [0.05, 0.1) is 18.4 Å². The Balaban J connectivity index is 2.35. The van der Waals surface area contributed by atoms with Crippen LogP contribution >= 0.6 is 0 Å². The van der Waals surface area contributed by atoms with Gasteiger partial charge in [-0.15, -0.1) is 0 Å². The maximum atomic E-state index is 12.1. The number of carboxylic acids is 1. The summed E-state index contributed by atoms with van der Waals surface area (Å²) in [4.78, 5) is 22.9. The topological polar surface area (TPSA) is 63.6 Å². The lowest BCUT2D eigenvalue weighted by Crippen LogP contribution is -2.41. The highest BCUT2D eigenvalue weighted by molar-refractivity contribution is 6.00. The van der Waals surface area contributed by atoms with Crippen LogP contribution in [0.2, 0.25) is 0 Å². The van der Waals surface area contributed by atoms with Crippen molar-refractivity contribution in [2.45, 2.75) is 38.7 Å². The number of benzene rings is 1. The molecule has 1 aromatic carbocycles. The Hall–Kier alpha value is -1.84. The lowest BCUT2D eigenvalue weighted by Gasteiger charge is -2.33. The van der Waals surface area contributed by atoms with Gasteiger partial charge in [-0.05, 0) is 31.0 Å². The molecule has 1 atom stereocenters. The minimum Gasteiger partial charge on any atom is -0.486 e. The molecule has 1 N–H and O–H groups in total. The molecule has 2 rings (SSSR count). The highest BCUT2D eigenvalue weighted by Gasteiger charge is 2.38. The summed E-state index contributed by atoms with van der Waals surface area (Å²) in [5.74, 6) is -0.513. The highest BCUT2D eigenvalue weighted by Crippen LogP contribution is 2.35. The number of ether oxygens (including phenoxy) is 1. The number of hydrogen-bond donors (Lipinski definition) is 1. The average molecular weight is 248 g/mol. The van der Waals surface area contributed by atoms with Gasteiger partial charge in [-0.3, -0.25) is 9.59 Å². The third-order valence-electron chi connectivity index (χ3n) is 3.17. The molecule has 1 unspecified atom stereocenters. The Morgan fingerprint density at radius 3 is 2.83 bits per heavy atom. The summed E-state index contributed by atoms with van der Waals surface area (Å²) in [5, 5.41) is 8.86. The number of hydrogen-bond acceptors (Lipinski definition) is 3. The van der Waals surface area contributed by atoms with Gasteiger partial charge in [-0.1, -0.05) is 13.0 Å². The molecule has 0 bridgehead atoms. The molecule has 18 heavy (non-hydrogen) atoms. The number of carbonyl (C=O) groups excluding carboxylic acids is 1. The van der Waals surface area contributed by atoms with E-state index in [2.05, 4.69) is 0 Å². The van der Waals surface area contributed by atoms with Crippen LogP contribution in [0.1, 0.15) is 42.6 Å². The predicted molar refractivity (Wildman–Crippen MR) is 66.1 cm³/mol. The van der Waals surface area contributed by atoms with Crippen LogP contribution in [-0.4, -0.2) is 22.5 Å². The standard InChI is InChI=1S/C14H16O4/c1-3-9-4-5-12-10(6-9)11(15)7-14(2,18-12)8-13(16)17/h4-6H,3,7-8H2,1-2H3,(H,16,17). The Morgan fingerprint density at radius 2 is 2.22 bits per heavy atom. The second kappa shape index (κ2) is 4.44. The zero-order valence-electron chi connectivity index (χ0n) is 10.5. The minimum absolute atomic E-state index is 0.0460. The van der Waals surface area contributed by atoms with Gasteiger partial charge in [-0.2, -0.15) is 0 Å². The van der Waals surface area contributed by atoms with E-state index in [1.807, 2.05) is 19.1 Å². The average Bonchev–Trinajstić information content (AvgIpc) is 2.26. The van der Waals surface area contributed by atoms with E-state index in [0.29, 0.717) is 11.3 Å². The number of carboxylic acid groups (broad SMARTS) is 1. The van der Waals surface area contributed by atoms with E-state index in [1.165, 1.54) is 0 Å². The first-order valence-electron chi connectivity index (χ1n) is 6.00. The molecular weight excluding hydrogens is 232 g/mol. The van der Waals surface area contributed by atoms with E-state index in [0.717, 1.165) is 12.0 Å². The van der Waals surface area contributed by atoms with Gasteiger partial charge in [0.2, 0.25) is 0 Å². The summed E-state index contributed by atoms with van der Waals surface area (Å²) in [5.41, 5.74) is 0.702. The quantitative estimate of drug-likeness (QED) is 0.892. The second-order valence-electron chi connectivity index (χ2n) is 4.91. The first kappa shape index (κ1) is 12.6. The summed E-state index contributed by atoms with van der Waals surface area (Å²) in [6.45, 7) is 3.68. The smallest absolute Gasteiger partial charge is 0.307 e. The van der Waals surface area contributed by atoms with E-state index in [4.69, 9.17) is 9.84 Å². The zero-order valence-corrected chi connectivity index (χ0v) is 10.5. The molecule has 1 aliphatic rings. The van der Waals surface area contributed by atoms with E-state index in [9.17, 15) is 9.59 Å². The van der Waals surface area contributed by atoms with Gasteiger partial charge in [0.25, 0.3) is 0 Å². The Labute approximate surface area is 106 Å². The molecule has 0 aromatic heterocycles. The van der Waals surface area contributed by atoms with E-state index in [1.54, 1.807) is 13.0 Å². The van der Waals surface area contributed by atoms with Crippen molar-refractivity contribution in [2.75, 3.05) is 0 Å². The zero-order chi connectivity index (χ0) is 13.3. The van der Waals surface area contributed by atoms with Crippen molar-refractivity contribution in [1.29, 1.82) is 0 Å². The van der Waals surface area contributed by atoms with Gasteiger partial charge >= 0.3 is 5.97 Å². The fourth-order valence-electron chi connectivity index (χ4n) is 2.26. The first-order chi connectivity index (χ1) is 8.43. The Morgan fingerprint density at radius 1 is 1.50 bits per heavy atom. The van der Waals surface area contributed by atoms with Crippen LogP contribution in [0.5, 0.6) is 5.75 Å². The fourth-order valence-corrected chi connectivity index (χ4v) is 2.26. The number of rotatable bonds is 3. The molecule has 0 aliphatic carbocycles. The van der Waals surface area contributed by atoms with Crippen LogP contribution in [0.3, 0.4) is 0 Å². The molecule has 0 saturated carbocycles. The van der Waals surface area contributed by atoms with Crippen LogP contribution < -0.4 is 4.74 Å². The second-order valence-corrected chi connectivity index (χ2v) is 4.91. The number of ketones is 1. The number of aryl methyl sites for hydroxylation is 1. The fraction of sp³-hybridized carbons (Fsp3) is 0.429. The SMILES string of the molecule is CCc1ccc2c(c1)C(=O)CC(C)(CC(=O)O)O2. The predicted octanol–water partition coefficient (Wildman–Crippen LogP) is 2.45. The summed E-state index contributed by atoms with van der Waals surface area (Å²) < 4.78 is 5.70. The van der Waals surface area contributed by atoms with Crippen LogP contribution in [0.25, 0.3) is 0 Å². The molecule has 4 heteroatoms. The first-order valence-corrected chi connectivity index (χ1v) is 6.00. The molecule has 1 aromatic rings. The summed E-state index contributed by atoms with van der Waals surface area (Å²) in [6, 6.07) is 5.49. The van der Waals surface area contributed by atoms with Gasteiger partial charge in [0.1, 0.15) is 11.4 Å². The largest absolute Gasteiger partial charge is 0.486 e. The third-order valence-corrected chi connectivity index (χ3v) is 3.17. The van der Waals surface area contributed by atoms with Gasteiger partial charge in [-0.25, -0.2) is 0 Å². The lowest BCUT2D eigenvalue weighted by atomic mass is 9.88. The highest BCUT2D eigenvalue weighted by atomic mass is 16.5. The molecule has 0 spiro atoms. The Bertz CT molecular complexity index is 507. The molecule has 96 valence electrons. The number of Topliss-reactive ketones (excluding diaryl/α,β-unsaturated/α-hetero) is 1. The van der Waals surface area contributed by atoms with E-state index in [-0.39, 0.29) is 18.6 Å². The number of fused-ring (bicyclic) bond motifs is 1. The minimum atomic E-state index is -0.959. The summed E-state index contributed by atoms with van der Waals surface area (Å²) in [6.07, 6.45) is 0.792. The van der Waals surface area contributed by atoms with Crippen molar-refractivity contribution >= 4 is 11.8 Å². The molecule has 0 fully saturated rings. The van der Waals surface area contributed by atoms with Crippen molar-refractivity contribution in [1.82, 2.24) is 0 Å². The molecule has 0 amide bonds. The number of aliphatic carboxylic acids is 1. The van der Waals surface area contributed by atoms with Gasteiger partial charge in [0, 0.05) is 0 Å². The maximum absolute atomic E-state index is 12.1. The van der Waals surface area contributed by atoms with Crippen LogP contribution in [-0.2, 0) is 11.2 Å². The van der Waals surface area contributed by atoms with E-state index < -0.39 is 11.6 Å². The molecule has 1 heterocycles. The molecule has 4 nitrogen and oxygen atoms in total. The van der Waals surface area contributed by atoms with Crippen molar-refractivity contribution in [2.24, 2.45) is 0 Å². The third kappa shape index (κ3) is 2.37. The van der Waals surface area contributed by atoms with Crippen molar-refractivity contribution in [3.8, 4) is 5.75 Å². The van der Waals surface area contributed by atoms with Gasteiger partial charge < -0.3 is 9.84 Å². The molecule has 0 saturated heterocycles. The molecular formula is C14H16O4. The van der Waals surface area contributed by atoms with Crippen LogP contribution in [0.15, 0.2) is 18.2 Å². The summed E-state index contributed by atoms with van der Waals surface area (Å²) in [7, 11) is 0. The molecule has 1 aliphatic heterocycles. The van der Waals surface area contributed by atoms with Crippen LogP contribution in [0, 0.1) is 0 Å². The van der Waals surface area contributed by atoms with Crippen molar-refractivity contribution in [3.05, 3.63) is 29.3 Å². The normalized spacial score (nSPS) is 22.2. The Kier molecular flexibility index (Phi) is 3.11. The molecule has 0 radical (unpaired) electrons. The van der Waals surface area contributed by atoms with E-state index >= 15 is 0 Å². The van der Waals surface area contributed by atoms with Crippen molar-refractivity contribution < 1.29 is 19.4 Å². The van der Waals surface area contributed by atoms with Crippen LogP contribution in [0.4, 0.5) is 0 Å². The van der Waals surface area contributed by atoms with Gasteiger partial charge in [0.15, 0.2) is 5.78 Å². The lowest BCUT2D eigenvalue weighted by molar-refractivity contribution is -0.141. The van der Waals surface area contributed by atoms with Crippen molar-refractivity contribution in [3.63, 3.8) is 0 Å². The number of carbonyl (C=O) groups is 2. The summed E-state index contributed by atoms with van der Waals surface area (Å²) >= 11 is 0. The maximum Gasteiger partial charge on any atom is 0.307 e. The monoisotopic (exact) mass is 248 g/mol.